The van der Waals surface area contributed by atoms with Crippen molar-refractivity contribution in [2.75, 3.05) is 14.2 Å². The fraction of sp³-hybridized carbons (Fsp3) is 0.333. The van der Waals surface area contributed by atoms with Crippen molar-refractivity contribution in [1.29, 1.82) is 0 Å². The van der Waals surface area contributed by atoms with E-state index in [4.69, 9.17) is 14.2 Å². The molecule has 2 aliphatic rings. The highest BCUT2D eigenvalue weighted by Crippen LogP contribution is 2.35. The van der Waals surface area contributed by atoms with Gasteiger partial charge in [-0.3, -0.25) is 0 Å². The lowest BCUT2D eigenvalue weighted by molar-refractivity contribution is -0.156. The van der Waals surface area contributed by atoms with Crippen LogP contribution in [-0.4, -0.2) is 37.9 Å². The number of fused-ring (bicyclic) bond motifs is 2. The van der Waals surface area contributed by atoms with E-state index < -0.39 is 11.7 Å². The van der Waals surface area contributed by atoms with Crippen LogP contribution in [0.3, 0.4) is 0 Å². The first-order valence-corrected chi connectivity index (χ1v) is 8.64. The minimum absolute atomic E-state index is 0.309. The number of para-hydroxylation sites is 2. The molecule has 2 aromatic rings. The fourth-order valence-electron chi connectivity index (χ4n) is 3.17. The Morgan fingerprint density at radius 2 is 1.59 bits per heavy atom. The predicted octanol–water partition coefficient (Wildman–Crippen LogP) is 2.72. The third-order valence-electron chi connectivity index (χ3n) is 4.56. The molecule has 2 atom stereocenters. The fourth-order valence-corrected chi connectivity index (χ4v) is 3.17. The maximum Gasteiger partial charge on any atom is 0.350 e. The lowest BCUT2D eigenvalue weighted by Crippen LogP contribution is -2.40. The summed E-state index contributed by atoms with van der Waals surface area (Å²) in [6.45, 7) is 1.75. The van der Waals surface area contributed by atoms with E-state index in [2.05, 4.69) is 4.74 Å². The zero-order chi connectivity index (χ0) is 19.4. The van der Waals surface area contributed by atoms with Gasteiger partial charge < -0.3 is 18.9 Å². The highest BCUT2D eigenvalue weighted by atomic mass is 16.6. The van der Waals surface area contributed by atoms with Crippen LogP contribution in [0.5, 0.6) is 11.5 Å². The average Bonchev–Trinajstić information content (AvgIpc) is 3.28. The zero-order valence-electron chi connectivity index (χ0n) is 15.6. The number of ether oxygens (including phenoxy) is 4. The third-order valence-corrected chi connectivity index (χ3v) is 4.56. The second-order valence-corrected chi connectivity index (χ2v) is 6.55. The Balaban J connectivity index is 0.000000156. The summed E-state index contributed by atoms with van der Waals surface area (Å²) in [7, 11) is 2.74. The molecule has 0 bridgehead atoms. The lowest BCUT2D eigenvalue weighted by atomic mass is 10.00. The van der Waals surface area contributed by atoms with Crippen molar-refractivity contribution >= 4 is 11.9 Å². The number of benzene rings is 2. The topological polar surface area (TPSA) is 71.1 Å². The Morgan fingerprint density at radius 3 is 2.19 bits per heavy atom. The Labute approximate surface area is 158 Å². The van der Waals surface area contributed by atoms with Crippen LogP contribution in [0.1, 0.15) is 18.1 Å². The summed E-state index contributed by atoms with van der Waals surface area (Å²) in [5.41, 5.74) is 1.27. The van der Waals surface area contributed by atoms with Gasteiger partial charge in [-0.1, -0.05) is 36.4 Å². The number of carbonyl (C=O) groups is 2. The van der Waals surface area contributed by atoms with Gasteiger partial charge in [0.25, 0.3) is 0 Å². The summed E-state index contributed by atoms with van der Waals surface area (Å²) in [5.74, 6) is 0.934. The molecule has 4 rings (SSSR count). The first kappa shape index (κ1) is 18.8. The van der Waals surface area contributed by atoms with E-state index in [0.717, 1.165) is 22.6 Å². The standard InChI is InChI=1S/C11H12O3.C10H10O3/c1-11(10(12)13-2)7-8-5-3-4-6-9(8)14-11;1-12-10(11)9-6-7-4-2-3-5-8(7)13-9/h3-6H,7H2,1-2H3;2-5,9H,6H2,1H3. The monoisotopic (exact) mass is 370 g/mol. The number of carbonyl (C=O) groups excluding carboxylic acids is 2. The predicted molar refractivity (Wildman–Crippen MR) is 97.8 cm³/mol. The van der Waals surface area contributed by atoms with E-state index >= 15 is 0 Å². The first-order valence-electron chi connectivity index (χ1n) is 8.64. The molecule has 0 amide bonds. The van der Waals surface area contributed by atoms with Crippen LogP contribution in [-0.2, 0) is 31.9 Å². The van der Waals surface area contributed by atoms with Crippen LogP contribution in [0.4, 0.5) is 0 Å². The van der Waals surface area contributed by atoms with Crippen molar-refractivity contribution in [3.8, 4) is 11.5 Å². The molecule has 0 fully saturated rings. The van der Waals surface area contributed by atoms with Gasteiger partial charge in [0.15, 0.2) is 6.10 Å². The number of hydrogen-bond acceptors (Lipinski definition) is 6. The molecule has 6 nitrogen and oxygen atoms in total. The minimum atomic E-state index is -0.849. The number of methoxy groups -OCH3 is 2. The van der Waals surface area contributed by atoms with E-state index in [1.807, 2.05) is 48.5 Å². The second-order valence-electron chi connectivity index (χ2n) is 6.55. The molecule has 142 valence electrons. The molecular weight excluding hydrogens is 348 g/mol. The highest BCUT2D eigenvalue weighted by molar-refractivity contribution is 5.81. The van der Waals surface area contributed by atoms with E-state index in [0.29, 0.717) is 12.8 Å². The van der Waals surface area contributed by atoms with E-state index in [1.54, 1.807) is 6.92 Å². The number of hydrogen-bond donors (Lipinski definition) is 0. The van der Waals surface area contributed by atoms with Crippen molar-refractivity contribution in [3.63, 3.8) is 0 Å². The molecule has 0 aliphatic carbocycles. The van der Waals surface area contributed by atoms with Gasteiger partial charge in [0.1, 0.15) is 11.5 Å². The molecule has 0 N–H and O–H groups in total. The SMILES string of the molecule is COC(=O)C1(C)Cc2ccccc2O1.COC(=O)C1Cc2ccccc2O1. The number of rotatable bonds is 2. The molecule has 2 unspecified atom stereocenters. The molecule has 2 heterocycles. The third kappa shape index (κ3) is 3.89. The van der Waals surface area contributed by atoms with E-state index in [1.165, 1.54) is 14.2 Å². The Kier molecular flexibility index (Phi) is 5.35. The molecule has 0 spiro atoms. The Morgan fingerprint density at radius 1 is 0.963 bits per heavy atom. The maximum atomic E-state index is 11.5. The van der Waals surface area contributed by atoms with Crippen molar-refractivity contribution in [1.82, 2.24) is 0 Å². The summed E-state index contributed by atoms with van der Waals surface area (Å²) in [4.78, 5) is 22.6. The van der Waals surface area contributed by atoms with Crippen LogP contribution >= 0.6 is 0 Å². The van der Waals surface area contributed by atoms with E-state index in [9.17, 15) is 9.59 Å². The van der Waals surface area contributed by atoms with Gasteiger partial charge >= 0.3 is 11.9 Å². The largest absolute Gasteiger partial charge is 0.478 e. The van der Waals surface area contributed by atoms with Gasteiger partial charge in [0, 0.05) is 12.8 Å². The molecular formula is C21H22O6. The molecule has 0 saturated heterocycles. The summed E-state index contributed by atoms with van der Waals surface area (Å²) in [5, 5.41) is 0. The van der Waals surface area contributed by atoms with Crippen molar-refractivity contribution in [2.24, 2.45) is 0 Å². The van der Waals surface area contributed by atoms with Crippen LogP contribution in [0.15, 0.2) is 48.5 Å². The molecule has 6 heteroatoms. The van der Waals surface area contributed by atoms with Crippen molar-refractivity contribution < 1.29 is 28.5 Å². The molecule has 2 aliphatic heterocycles. The molecule has 0 radical (unpaired) electrons. The smallest absolute Gasteiger partial charge is 0.350 e. The Bertz CT molecular complexity index is 794. The molecule has 0 aromatic heterocycles. The summed E-state index contributed by atoms with van der Waals surface area (Å²) in [6.07, 6.45) is 0.737. The van der Waals surface area contributed by atoms with Crippen LogP contribution in [0.2, 0.25) is 0 Å². The van der Waals surface area contributed by atoms with Gasteiger partial charge in [-0.25, -0.2) is 9.59 Å². The summed E-state index contributed by atoms with van der Waals surface area (Å²) >= 11 is 0. The summed E-state index contributed by atoms with van der Waals surface area (Å²) in [6, 6.07) is 15.3. The first-order chi connectivity index (χ1) is 13.0. The summed E-state index contributed by atoms with van der Waals surface area (Å²) < 4.78 is 20.3. The van der Waals surface area contributed by atoms with Crippen LogP contribution < -0.4 is 9.47 Å². The van der Waals surface area contributed by atoms with Crippen LogP contribution in [0.25, 0.3) is 0 Å². The lowest BCUT2D eigenvalue weighted by Gasteiger charge is -2.20. The number of esters is 2. The highest BCUT2D eigenvalue weighted by Gasteiger charge is 2.42. The normalized spacial score (nSPS) is 21.5. The van der Waals surface area contributed by atoms with Gasteiger partial charge in [-0.05, 0) is 30.2 Å². The zero-order valence-corrected chi connectivity index (χ0v) is 15.6. The molecule has 2 aromatic carbocycles. The maximum absolute atomic E-state index is 11.5. The second kappa shape index (κ2) is 7.70. The van der Waals surface area contributed by atoms with Gasteiger partial charge in [-0.15, -0.1) is 0 Å². The quantitative estimate of drug-likeness (QED) is 0.757. The van der Waals surface area contributed by atoms with Crippen molar-refractivity contribution in [3.05, 3.63) is 59.7 Å². The Hall–Kier alpha value is -3.02. The van der Waals surface area contributed by atoms with Crippen LogP contribution in [0, 0.1) is 0 Å². The minimum Gasteiger partial charge on any atom is -0.478 e. The van der Waals surface area contributed by atoms with Crippen molar-refractivity contribution in [2.45, 2.75) is 31.5 Å². The van der Waals surface area contributed by atoms with Gasteiger partial charge in [0.2, 0.25) is 5.60 Å². The van der Waals surface area contributed by atoms with Gasteiger partial charge in [-0.2, -0.15) is 0 Å². The average molecular weight is 370 g/mol. The molecule has 27 heavy (non-hydrogen) atoms. The van der Waals surface area contributed by atoms with Gasteiger partial charge in [0.05, 0.1) is 14.2 Å². The molecule has 0 saturated carbocycles. The van der Waals surface area contributed by atoms with E-state index in [-0.39, 0.29) is 11.9 Å².